The van der Waals surface area contributed by atoms with Crippen LogP contribution in [0.15, 0.2) is 38.0 Å². The molecule has 0 aromatic carbocycles. The number of methoxy groups -OCH3 is 2. The number of aliphatic hydroxyl groups excluding tert-OH is 2. The second-order valence-electron chi connectivity index (χ2n) is 24.6. The first-order chi connectivity index (χ1) is 47.7. The minimum Gasteiger partial charge on any atom is -0.464 e. The molecule has 44 heteroatoms. The molecule has 6 aromatic heterocycles. The van der Waals surface area contributed by atoms with Gasteiger partial charge in [0.05, 0.1) is 57.4 Å². The van der Waals surface area contributed by atoms with Gasteiger partial charge in [-0.15, -0.1) is 0 Å². The van der Waals surface area contributed by atoms with Crippen molar-refractivity contribution in [2.24, 2.45) is 5.41 Å². The van der Waals surface area contributed by atoms with Crippen LogP contribution in [-0.2, 0) is 97.6 Å². The number of esters is 1. The number of hydrogen-bond acceptors (Lipinski definition) is 33. The van der Waals surface area contributed by atoms with Gasteiger partial charge in [-0.2, -0.15) is 0 Å². The van der Waals surface area contributed by atoms with Crippen LogP contribution in [0.1, 0.15) is 136 Å². The predicted octanol–water partition coefficient (Wildman–Crippen LogP) is 6.36. The zero-order valence-electron chi connectivity index (χ0n) is 55.8. The van der Waals surface area contributed by atoms with Crippen LogP contribution in [0.5, 0.6) is 0 Å². The van der Waals surface area contributed by atoms with E-state index in [-0.39, 0.29) is 63.3 Å². The van der Waals surface area contributed by atoms with Crippen molar-refractivity contribution in [1.82, 2.24) is 58.6 Å². The third kappa shape index (κ3) is 20.7. The summed E-state index contributed by atoms with van der Waals surface area (Å²) in [4.78, 5) is 96.8. The molecule has 0 aliphatic carbocycles. The van der Waals surface area contributed by atoms with E-state index in [0.29, 0.717) is 17.8 Å². The van der Waals surface area contributed by atoms with E-state index in [0.717, 1.165) is 38.3 Å². The van der Waals surface area contributed by atoms with Gasteiger partial charge < -0.3 is 84.5 Å². The lowest BCUT2D eigenvalue weighted by Gasteiger charge is -2.28. The summed E-state index contributed by atoms with van der Waals surface area (Å²) < 4.78 is 107. The molecule has 3 aliphatic heterocycles. The van der Waals surface area contributed by atoms with Gasteiger partial charge in [0.2, 0.25) is 0 Å². The smallest absolute Gasteiger partial charge is 0.464 e. The fraction of sp³-hybridized carbons (Fsp3) is 0.714. The van der Waals surface area contributed by atoms with Crippen LogP contribution in [0.25, 0.3) is 33.5 Å². The summed E-state index contributed by atoms with van der Waals surface area (Å²) >= 11 is 11.7. The monoisotopic (exact) mass is 1540 g/mol. The molecule has 12 N–H and O–H groups in total. The first-order valence-corrected chi connectivity index (χ1v) is 42.4. The number of nitrogens with zero attached hydrogens (tertiary/aromatic N) is 12. The molecular formula is C56H89N15O22P4S3. The summed E-state index contributed by atoms with van der Waals surface area (Å²) in [5.41, 5.74) is 18.4. The van der Waals surface area contributed by atoms with E-state index in [1.54, 1.807) is 0 Å². The quantitative estimate of drug-likeness (QED) is 0.0114. The molecule has 6 aromatic rings. The van der Waals surface area contributed by atoms with E-state index >= 15 is 0 Å². The molecule has 3 aliphatic rings. The number of imidazole rings is 3. The van der Waals surface area contributed by atoms with Crippen LogP contribution in [-0.4, -0.2) is 209 Å². The van der Waals surface area contributed by atoms with E-state index < -0.39 is 146 Å². The largest absolute Gasteiger partial charge is 0.472 e. The Hall–Kier alpha value is -4.09. The highest BCUT2D eigenvalue weighted by Crippen LogP contribution is 2.60. The molecule has 9 rings (SSSR count). The van der Waals surface area contributed by atoms with Crippen LogP contribution in [0.4, 0.5) is 17.5 Å². The molecule has 16 atom stereocenters. The highest BCUT2D eigenvalue weighted by molar-refractivity contribution is 8.54. The van der Waals surface area contributed by atoms with Gasteiger partial charge in [0.25, 0.3) is 0 Å². The number of hydrogen-bond donors (Lipinski definition) is 9. The number of phosphoric acid groups is 1. The SMILES string of the molecule is CCCCCCCCCCCCCCCCC(C)(C)C(=O)OCCSP(=O)(O)OC1[C@@H](OC)[C@@H](COP(O)(=S)OC2[C@@H](O)[C@@H](COP(O)(=S)OC3[C@@H](OC)[C@@H](COP(=O)(O)OCCO)O[C@H]3n3cnc4c(N)ncnc43)O[C@H]2n2cnc3c(N)ncnc32)O[C@H]1n1cnc2c(N)ncnc21. The second kappa shape index (κ2) is 36.3. The number of nitrogen functional groups attached to an aromatic ring is 3. The molecule has 9 heterocycles. The number of fused-ring (bicyclic) bond motifs is 3. The molecule has 0 spiro atoms. The number of carbonyl (C=O) groups is 1. The van der Waals surface area contributed by atoms with Gasteiger partial charge >= 0.3 is 34.0 Å². The lowest BCUT2D eigenvalue weighted by Crippen LogP contribution is -2.38. The Kier molecular flexibility index (Phi) is 29.0. The third-order valence-electron chi connectivity index (χ3n) is 17.0. The van der Waals surface area contributed by atoms with Gasteiger partial charge in [-0.1, -0.05) is 96.8 Å². The molecule has 0 radical (unpaired) electrons. The molecule has 0 bridgehead atoms. The number of phosphoric ester groups is 1. The molecule has 100 heavy (non-hydrogen) atoms. The standard InChI is InChI=1S/C56H89N15O22P4S3/c1-6-7-8-9-10-11-12-13-14-15-16-17-18-19-20-56(2,3)55(74)83-23-24-100-95(77,78)91-44-41(81-4)36(90-53(44)70-32-67-38-47(58)61-29-64-50(38)70)27-87-96(79,98)92-43-40(73)34(88-52(43)69-31-66-37-46(57)60-28-63-49(37)69)25-86-97(80,99)93-45-42(82-5)35(26-85-94(75,76)84-22-21-72)89-54(45)71-33-68-39-48(59)62-30-65-51(39)71/h28-36,40-45,52-54,72-73H,6-27H2,1-5H3,(H,75,76)(H,77,78)(H,79,98)(H,80,99)(H2,57,60,63)(H2,58,61,64)(H2,59,62,65)/t34-,35-,36-,40+,41+,42+,43?,44?,45?,52-,53-,54-,96?,97?/m1/s1. The Bertz CT molecular complexity index is 3850. The first-order valence-electron chi connectivity index (χ1n) is 32.6. The highest BCUT2D eigenvalue weighted by Gasteiger charge is 2.54. The highest BCUT2D eigenvalue weighted by atomic mass is 32.7. The van der Waals surface area contributed by atoms with Crippen molar-refractivity contribution in [3.05, 3.63) is 38.0 Å². The number of ether oxygens (including phenoxy) is 6. The topological polar surface area (TPSA) is 501 Å². The maximum absolute atomic E-state index is 14.1. The summed E-state index contributed by atoms with van der Waals surface area (Å²) in [5, 5.41) is 21.3. The lowest BCUT2D eigenvalue weighted by molar-refractivity contribution is -0.153. The lowest BCUT2D eigenvalue weighted by atomic mass is 9.87. The minimum atomic E-state index is -4.76. The van der Waals surface area contributed by atoms with E-state index in [1.807, 2.05) is 13.8 Å². The van der Waals surface area contributed by atoms with Crippen LogP contribution in [0.2, 0.25) is 0 Å². The van der Waals surface area contributed by atoms with Crippen molar-refractivity contribution in [3.63, 3.8) is 0 Å². The summed E-state index contributed by atoms with van der Waals surface area (Å²) in [6.07, 6.45) is 7.72. The second-order valence-corrected chi connectivity index (χ2v) is 35.6. The molecule has 7 unspecified atom stereocenters. The van der Waals surface area contributed by atoms with E-state index in [9.17, 15) is 38.6 Å². The Morgan fingerprint density at radius 1 is 0.560 bits per heavy atom. The number of rotatable bonds is 43. The van der Waals surface area contributed by atoms with Gasteiger partial charge in [-0.3, -0.25) is 41.1 Å². The number of carbonyl (C=O) groups excluding carboxylic acids is 1. The molecule has 0 amide bonds. The average Bonchev–Trinajstić information content (AvgIpc) is 1.61. The summed E-state index contributed by atoms with van der Waals surface area (Å²) in [7, 11) is -2.23. The fourth-order valence-corrected chi connectivity index (χ4v) is 17.8. The van der Waals surface area contributed by atoms with Gasteiger partial charge in [-0.25, -0.2) is 54.0 Å². The normalized spacial score (nSPS) is 25.9. The van der Waals surface area contributed by atoms with Gasteiger partial charge in [-0.05, 0) is 55.3 Å². The number of anilines is 3. The number of aromatic nitrogens is 12. The zero-order valence-corrected chi connectivity index (χ0v) is 61.8. The molecular weight excluding hydrogens is 1450 g/mol. The first kappa shape index (κ1) is 80.0. The summed E-state index contributed by atoms with van der Waals surface area (Å²) in [6.45, 7) is -11.4. The van der Waals surface area contributed by atoms with E-state index in [2.05, 4.69) is 51.8 Å². The zero-order chi connectivity index (χ0) is 72.0. The third-order valence-corrected chi connectivity index (χ3v) is 24.1. The van der Waals surface area contributed by atoms with Crippen LogP contribution < -0.4 is 17.2 Å². The summed E-state index contributed by atoms with van der Waals surface area (Å²) in [5.74, 6) is -0.581. The van der Waals surface area contributed by atoms with E-state index in [4.69, 9.17) is 106 Å². The van der Waals surface area contributed by atoms with Gasteiger partial charge in [0.1, 0.15) is 97.1 Å². The molecule has 558 valence electrons. The van der Waals surface area contributed by atoms with Crippen LogP contribution in [0.3, 0.4) is 0 Å². The number of unbranched alkanes of at least 4 members (excludes halogenated alkanes) is 13. The molecule has 37 nitrogen and oxygen atoms in total. The van der Waals surface area contributed by atoms with Crippen molar-refractivity contribution < 1.29 is 104 Å². The Morgan fingerprint density at radius 3 is 1.41 bits per heavy atom. The molecule has 3 saturated heterocycles. The fourth-order valence-electron chi connectivity index (χ4n) is 11.9. The summed E-state index contributed by atoms with van der Waals surface area (Å²) in [6, 6.07) is 0. The number of aliphatic hydroxyl groups is 2. The predicted molar refractivity (Wildman–Crippen MR) is 369 cm³/mol. The Labute approximate surface area is 590 Å². The molecule has 0 saturated carbocycles. The maximum Gasteiger partial charge on any atom is 0.472 e. The van der Waals surface area contributed by atoms with Crippen molar-refractivity contribution in [2.75, 3.05) is 76.8 Å². The number of nitrogens with two attached hydrogens (primary N) is 3. The van der Waals surface area contributed by atoms with Crippen LogP contribution in [0, 0.1) is 5.41 Å². The van der Waals surface area contributed by atoms with E-state index in [1.165, 1.54) is 117 Å². The average molecular weight is 1540 g/mol. The minimum absolute atomic E-state index is 0.00243. The molecule has 3 fully saturated rings. The Morgan fingerprint density at radius 2 is 0.960 bits per heavy atom. The van der Waals surface area contributed by atoms with Crippen molar-refractivity contribution in [2.45, 2.75) is 191 Å². The van der Waals surface area contributed by atoms with Gasteiger partial charge in [0.15, 0.2) is 53.1 Å². The van der Waals surface area contributed by atoms with Crippen molar-refractivity contribution >= 4 is 120 Å². The Balaban J connectivity index is 0.846. The van der Waals surface area contributed by atoms with Crippen LogP contribution >= 0.6 is 39.4 Å². The van der Waals surface area contributed by atoms with Gasteiger partial charge in [0, 0.05) is 20.0 Å². The van der Waals surface area contributed by atoms with Crippen molar-refractivity contribution in [1.29, 1.82) is 0 Å². The maximum atomic E-state index is 14.1. The van der Waals surface area contributed by atoms with Crippen molar-refractivity contribution in [3.8, 4) is 0 Å².